The molecule has 30 heavy (non-hydrogen) atoms. The molecule has 5 nitrogen and oxygen atoms in total. The van der Waals surface area contributed by atoms with Crippen molar-refractivity contribution < 1.29 is 4.79 Å². The van der Waals surface area contributed by atoms with Gasteiger partial charge in [0, 0.05) is 29.3 Å². The van der Waals surface area contributed by atoms with Gasteiger partial charge in [0.2, 0.25) is 5.91 Å². The summed E-state index contributed by atoms with van der Waals surface area (Å²) in [4.78, 5) is 35.1. The molecule has 3 aromatic heterocycles. The van der Waals surface area contributed by atoms with Crippen LogP contribution in [0.3, 0.4) is 0 Å². The van der Waals surface area contributed by atoms with Crippen molar-refractivity contribution in [3.05, 3.63) is 84.7 Å². The molecule has 0 saturated heterocycles. The third kappa shape index (κ3) is 3.28. The van der Waals surface area contributed by atoms with E-state index in [0.29, 0.717) is 18.5 Å². The van der Waals surface area contributed by atoms with E-state index in [1.807, 2.05) is 30.0 Å². The number of para-hydroxylation sites is 1. The Morgan fingerprint density at radius 3 is 2.90 bits per heavy atom. The van der Waals surface area contributed by atoms with Crippen molar-refractivity contribution in [1.29, 1.82) is 0 Å². The highest BCUT2D eigenvalue weighted by molar-refractivity contribution is 7.10. The van der Waals surface area contributed by atoms with Crippen molar-refractivity contribution in [2.24, 2.45) is 0 Å². The number of carbonyl (C=O) groups excluding carboxylic acids is 1. The summed E-state index contributed by atoms with van der Waals surface area (Å²) in [6.07, 6.45) is 2.73. The smallest absolute Gasteiger partial charge is 0.261 e. The summed E-state index contributed by atoms with van der Waals surface area (Å²) >= 11 is 3.45. The average Bonchev–Trinajstić information content (AvgIpc) is 3.45. The molecule has 0 saturated carbocycles. The Morgan fingerprint density at radius 1 is 1.17 bits per heavy atom. The molecule has 0 spiro atoms. The number of aryl methyl sites for hydroxylation is 2. The Kier molecular flexibility index (Phi) is 5.00. The number of rotatable bonds is 4. The summed E-state index contributed by atoms with van der Waals surface area (Å²) in [7, 11) is 0. The Balaban J connectivity index is 1.40. The van der Waals surface area contributed by atoms with Gasteiger partial charge in [0.05, 0.1) is 23.3 Å². The molecule has 4 heterocycles. The first-order valence-electron chi connectivity index (χ1n) is 9.97. The SMILES string of the molecule is Cc1cccc2c(=O)n(CCC(=O)N3CCc4sccc4[C@@H]3c3cccs3)cnc12. The third-order valence-corrected chi connectivity index (χ3v) is 7.64. The minimum absolute atomic E-state index is 0.0263. The topological polar surface area (TPSA) is 55.2 Å². The molecule has 0 N–H and O–H groups in total. The number of amides is 1. The largest absolute Gasteiger partial charge is 0.330 e. The van der Waals surface area contributed by atoms with Crippen molar-refractivity contribution >= 4 is 39.5 Å². The molecular formula is C23H21N3O2S2. The molecule has 7 heteroatoms. The second-order valence-electron chi connectivity index (χ2n) is 7.52. The van der Waals surface area contributed by atoms with E-state index in [4.69, 9.17) is 0 Å². The molecule has 0 unspecified atom stereocenters. The summed E-state index contributed by atoms with van der Waals surface area (Å²) in [5.41, 5.74) is 2.85. The first-order chi connectivity index (χ1) is 14.6. The number of aromatic nitrogens is 2. The molecule has 0 radical (unpaired) electrons. The van der Waals surface area contributed by atoms with Gasteiger partial charge in [-0.25, -0.2) is 4.98 Å². The van der Waals surface area contributed by atoms with Gasteiger partial charge in [0.25, 0.3) is 5.56 Å². The highest BCUT2D eigenvalue weighted by Gasteiger charge is 2.33. The van der Waals surface area contributed by atoms with Crippen molar-refractivity contribution in [1.82, 2.24) is 14.5 Å². The molecule has 0 fully saturated rings. The summed E-state index contributed by atoms with van der Waals surface area (Å²) in [6, 6.07) is 11.9. The maximum atomic E-state index is 13.2. The molecular weight excluding hydrogens is 414 g/mol. The molecule has 152 valence electrons. The number of nitrogens with zero attached hydrogens (tertiary/aromatic N) is 3. The lowest BCUT2D eigenvalue weighted by atomic mass is 9.98. The van der Waals surface area contributed by atoms with Gasteiger partial charge in [-0.2, -0.15) is 0 Å². The quantitative estimate of drug-likeness (QED) is 0.478. The lowest BCUT2D eigenvalue weighted by Crippen LogP contribution is -2.40. The van der Waals surface area contributed by atoms with E-state index in [-0.39, 0.29) is 23.9 Å². The standard InChI is InChI=1S/C23H21N3O2S2/c1-15-4-2-5-17-21(15)24-14-25(23(17)28)10-8-20(27)26-11-7-18-16(9-13-30-18)22(26)19-6-3-12-29-19/h2-6,9,12-14,22H,7-8,10-11H2,1H3/t22-/m1/s1. The van der Waals surface area contributed by atoms with Crippen LogP contribution < -0.4 is 5.56 Å². The van der Waals surface area contributed by atoms with Gasteiger partial charge in [-0.1, -0.05) is 18.2 Å². The van der Waals surface area contributed by atoms with Crippen LogP contribution in [0.5, 0.6) is 0 Å². The van der Waals surface area contributed by atoms with Crippen LogP contribution in [0.2, 0.25) is 0 Å². The molecule has 1 aliphatic heterocycles. The first kappa shape index (κ1) is 19.2. The number of hydrogen-bond donors (Lipinski definition) is 0. The Bertz CT molecular complexity index is 1270. The maximum absolute atomic E-state index is 13.2. The van der Waals surface area contributed by atoms with E-state index in [0.717, 1.165) is 17.5 Å². The summed E-state index contributed by atoms with van der Waals surface area (Å²) in [5, 5.41) is 4.77. The van der Waals surface area contributed by atoms with E-state index in [1.54, 1.807) is 39.6 Å². The van der Waals surface area contributed by atoms with Gasteiger partial charge in [0.1, 0.15) is 0 Å². The van der Waals surface area contributed by atoms with E-state index < -0.39 is 0 Å². The van der Waals surface area contributed by atoms with Crippen LogP contribution in [0.25, 0.3) is 10.9 Å². The van der Waals surface area contributed by atoms with E-state index in [2.05, 4.69) is 27.9 Å². The highest BCUT2D eigenvalue weighted by Crippen LogP contribution is 2.39. The van der Waals surface area contributed by atoms with Crippen LogP contribution in [0.15, 0.2) is 58.3 Å². The zero-order chi connectivity index (χ0) is 20.7. The number of thiophene rings is 2. The summed E-state index contributed by atoms with van der Waals surface area (Å²) in [6.45, 7) is 2.99. The third-order valence-electron chi connectivity index (χ3n) is 5.72. The minimum atomic E-state index is -0.0925. The van der Waals surface area contributed by atoms with E-state index in [1.165, 1.54) is 15.3 Å². The van der Waals surface area contributed by atoms with Gasteiger partial charge in [-0.3, -0.25) is 14.2 Å². The second kappa shape index (κ2) is 7.81. The van der Waals surface area contributed by atoms with Crippen molar-refractivity contribution in [3.8, 4) is 0 Å². The van der Waals surface area contributed by atoms with Crippen LogP contribution in [0.4, 0.5) is 0 Å². The predicted molar refractivity (Wildman–Crippen MR) is 121 cm³/mol. The van der Waals surface area contributed by atoms with Crippen molar-refractivity contribution in [2.45, 2.75) is 32.4 Å². The monoisotopic (exact) mass is 435 g/mol. The van der Waals surface area contributed by atoms with Crippen molar-refractivity contribution in [3.63, 3.8) is 0 Å². The maximum Gasteiger partial charge on any atom is 0.261 e. The van der Waals surface area contributed by atoms with Crippen LogP contribution in [0, 0.1) is 6.92 Å². The van der Waals surface area contributed by atoms with Crippen LogP contribution >= 0.6 is 22.7 Å². The van der Waals surface area contributed by atoms with Gasteiger partial charge in [0.15, 0.2) is 0 Å². The Labute approximate surface area is 182 Å². The zero-order valence-corrected chi connectivity index (χ0v) is 18.2. The van der Waals surface area contributed by atoms with Gasteiger partial charge in [-0.05, 0) is 53.4 Å². The predicted octanol–water partition coefficient (Wildman–Crippen LogP) is 4.39. The molecule has 0 bridgehead atoms. The van der Waals surface area contributed by atoms with E-state index in [9.17, 15) is 9.59 Å². The zero-order valence-electron chi connectivity index (χ0n) is 16.6. The molecule has 0 aliphatic carbocycles. The fourth-order valence-corrected chi connectivity index (χ4v) is 5.95. The first-order valence-corrected chi connectivity index (χ1v) is 11.7. The summed E-state index contributed by atoms with van der Waals surface area (Å²) in [5.74, 6) is 0.0708. The molecule has 1 aliphatic rings. The number of hydrogen-bond acceptors (Lipinski definition) is 5. The van der Waals surface area contributed by atoms with Crippen LogP contribution in [-0.2, 0) is 17.8 Å². The van der Waals surface area contributed by atoms with E-state index >= 15 is 0 Å². The lowest BCUT2D eigenvalue weighted by Gasteiger charge is -2.35. The molecule has 1 amide bonds. The molecule has 1 aromatic carbocycles. The van der Waals surface area contributed by atoms with Gasteiger partial charge in [-0.15, -0.1) is 22.7 Å². The minimum Gasteiger partial charge on any atom is -0.330 e. The fraction of sp³-hybridized carbons (Fsp3) is 0.261. The number of fused-ring (bicyclic) bond motifs is 2. The van der Waals surface area contributed by atoms with Gasteiger partial charge >= 0.3 is 0 Å². The molecule has 1 atom stereocenters. The van der Waals surface area contributed by atoms with Gasteiger partial charge < -0.3 is 4.90 Å². The van der Waals surface area contributed by atoms with Crippen LogP contribution in [0.1, 0.15) is 33.3 Å². The number of carbonyl (C=O) groups is 1. The molecule has 4 aromatic rings. The Hall–Kier alpha value is -2.77. The molecule has 5 rings (SSSR count). The normalized spacial score (nSPS) is 16.0. The van der Waals surface area contributed by atoms with Crippen molar-refractivity contribution in [2.75, 3.05) is 6.54 Å². The summed E-state index contributed by atoms with van der Waals surface area (Å²) < 4.78 is 1.56. The fourth-order valence-electron chi connectivity index (χ4n) is 4.20. The average molecular weight is 436 g/mol. The second-order valence-corrected chi connectivity index (χ2v) is 9.50. The lowest BCUT2D eigenvalue weighted by molar-refractivity contribution is -0.133. The van der Waals surface area contributed by atoms with Crippen LogP contribution in [-0.4, -0.2) is 26.9 Å². The highest BCUT2D eigenvalue weighted by atomic mass is 32.1. The number of benzene rings is 1. The Morgan fingerprint density at radius 2 is 2.07 bits per heavy atom.